The smallest absolute Gasteiger partial charge is 0.307 e. The van der Waals surface area contributed by atoms with E-state index in [9.17, 15) is 14.9 Å². The molecular formula is C20H18N4O5S. The van der Waals surface area contributed by atoms with Gasteiger partial charge in [0.2, 0.25) is 0 Å². The number of amidine groups is 1. The molecule has 0 spiro atoms. The zero-order chi connectivity index (χ0) is 21.3. The van der Waals surface area contributed by atoms with Gasteiger partial charge >= 0.3 is 5.24 Å². The summed E-state index contributed by atoms with van der Waals surface area (Å²) in [5, 5.41) is 17.2. The van der Waals surface area contributed by atoms with Crippen molar-refractivity contribution in [3.8, 4) is 11.5 Å². The summed E-state index contributed by atoms with van der Waals surface area (Å²) >= 11 is 1.13. The number of ether oxygens (including phenoxy) is 2. The molecule has 2 aromatic carbocycles. The highest BCUT2D eigenvalue weighted by molar-refractivity contribution is 8.14. The Morgan fingerprint density at radius 2 is 1.87 bits per heavy atom. The largest absolute Gasteiger partial charge is 0.493 e. The molecule has 2 aromatic rings. The second kappa shape index (κ2) is 8.15. The minimum absolute atomic E-state index is 0.0211. The van der Waals surface area contributed by atoms with Gasteiger partial charge in [0.15, 0.2) is 11.5 Å². The molecule has 0 aromatic heterocycles. The van der Waals surface area contributed by atoms with E-state index in [0.717, 1.165) is 28.6 Å². The van der Waals surface area contributed by atoms with Crippen molar-refractivity contribution in [2.45, 2.75) is 12.5 Å². The van der Waals surface area contributed by atoms with E-state index in [1.165, 1.54) is 12.1 Å². The zero-order valence-corrected chi connectivity index (χ0v) is 17.1. The van der Waals surface area contributed by atoms with Crippen LogP contribution in [0.15, 0.2) is 52.6 Å². The lowest BCUT2D eigenvalue weighted by Gasteiger charge is -2.23. The number of benzene rings is 2. The third kappa shape index (κ3) is 3.73. The van der Waals surface area contributed by atoms with Crippen molar-refractivity contribution in [2.75, 3.05) is 20.0 Å². The predicted molar refractivity (Wildman–Crippen MR) is 114 cm³/mol. The molecule has 4 rings (SSSR count). The number of nitro groups is 1. The van der Waals surface area contributed by atoms with E-state index in [2.05, 4.69) is 4.99 Å². The summed E-state index contributed by atoms with van der Waals surface area (Å²) < 4.78 is 10.7. The number of methoxy groups -OCH3 is 2. The number of aliphatic imine (C=N–C) groups is 1. The Kier molecular flexibility index (Phi) is 5.40. The van der Waals surface area contributed by atoms with Gasteiger partial charge in [-0.05, 0) is 35.4 Å². The molecule has 0 fully saturated rings. The van der Waals surface area contributed by atoms with Gasteiger partial charge in [0.25, 0.3) is 5.69 Å². The molecule has 2 aliphatic heterocycles. The number of rotatable bonds is 5. The Bertz CT molecular complexity index is 1070. The van der Waals surface area contributed by atoms with Crippen LogP contribution in [0.5, 0.6) is 11.5 Å². The molecule has 2 heterocycles. The van der Waals surface area contributed by atoms with Gasteiger partial charge in [-0.2, -0.15) is 10.1 Å². The van der Waals surface area contributed by atoms with Crippen molar-refractivity contribution in [1.82, 2.24) is 5.01 Å². The fraction of sp³-hybridized carbons (Fsp3) is 0.250. The van der Waals surface area contributed by atoms with E-state index in [4.69, 9.17) is 14.6 Å². The average Bonchev–Trinajstić information content (AvgIpc) is 3.39. The van der Waals surface area contributed by atoms with Gasteiger partial charge in [0.1, 0.15) is 5.84 Å². The number of carbonyl (C=O) groups excluding carboxylic acids is 1. The molecule has 9 nitrogen and oxygen atoms in total. The summed E-state index contributed by atoms with van der Waals surface area (Å²) in [6.07, 6.45) is 0.547. The zero-order valence-electron chi connectivity index (χ0n) is 16.3. The fourth-order valence-electron chi connectivity index (χ4n) is 3.43. The number of amides is 1. The van der Waals surface area contributed by atoms with Gasteiger partial charge in [-0.3, -0.25) is 14.9 Å². The van der Waals surface area contributed by atoms with Crippen LogP contribution in [-0.2, 0) is 0 Å². The first kappa shape index (κ1) is 19.9. The quantitative estimate of drug-likeness (QED) is 0.525. The van der Waals surface area contributed by atoms with E-state index in [1.807, 2.05) is 18.2 Å². The monoisotopic (exact) mass is 426 g/mol. The number of thioether (sulfide) groups is 1. The molecule has 1 unspecified atom stereocenters. The number of non-ortho nitro benzene ring substituents is 1. The molecule has 30 heavy (non-hydrogen) atoms. The molecular weight excluding hydrogens is 408 g/mol. The standard InChI is InChI=1S/C20H18N4O5S/c1-28-17-8-5-13(9-18(17)29-2)16-10-15(12-3-6-14(7-4-12)24(26)27)22-23(16)19-11-30-20(25)21-19/h3-9,16H,10-11H2,1-2H3. The van der Waals surface area contributed by atoms with Crippen molar-refractivity contribution in [3.05, 3.63) is 63.7 Å². The molecule has 2 aliphatic rings. The first-order valence-corrected chi connectivity index (χ1v) is 10.1. The van der Waals surface area contributed by atoms with Crippen molar-refractivity contribution >= 4 is 34.2 Å². The molecule has 1 amide bonds. The highest BCUT2D eigenvalue weighted by atomic mass is 32.2. The van der Waals surface area contributed by atoms with E-state index < -0.39 is 4.92 Å². The van der Waals surface area contributed by atoms with Crippen LogP contribution in [0.3, 0.4) is 0 Å². The lowest BCUT2D eigenvalue weighted by molar-refractivity contribution is -0.384. The van der Waals surface area contributed by atoms with E-state index >= 15 is 0 Å². The van der Waals surface area contributed by atoms with Gasteiger partial charge < -0.3 is 9.47 Å². The van der Waals surface area contributed by atoms with Crippen LogP contribution in [0.4, 0.5) is 10.5 Å². The fourth-order valence-corrected chi connectivity index (χ4v) is 4.05. The first-order valence-electron chi connectivity index (χ1n) is 9.08. The molecule has 0 saturated heterocycles. The van der Waals surface area contributed by atoms with Gasteiger partial charge in [-0.25, -0.2) is 5.01 Å². The summed E-state index contributed by atoms with van der Waals surface area (Å²) in [6, 6.07) is 11.7. The second-order valence-corrected chi connectivity index (χ2v) is 7.54. The van der Waals surface area contributed by atoms with Crippen LogP contribution in [0, 0.1) is 10.1 Å². The molecule has 0 N–H and O–H groups in total. The molecule has 0 saturated carbocycles. The highest BCUT2D eigenvalue weighted by Crippen LogP contribution is 2.38. The van der Waals surface area contributed by atoms with Gasteiger partial charge in [0, 0.05) is 18.6 Å². The van der Waals surface area contributed by atoms with Crippen molar-refractivity contribution < 1.29 is 19.2 Å². The van der Waals surface area contributed by atoms with Gasteiger partial charge in [0.05, 0.1) is 36.6 Å². The Morgan fingerprint density at radius 1 is 1.13 bits per heavy atom. The Hall–Kier alpha value is -3.40. The summed E-state index contributed by atoms with van der Waals surface area (Å²) in [6.45, 7) is 0. The summed E-state index contributed by atoms with van der Waals surface area (Å²) in [4.78, 5) is 26.3. The predicted octanol–water partition coefficient (Wildman–Crippen LogP) is 4.03. The number of hydrogen-bond acceptors (Lipinski definition) is 8. The van der Waals surface area contributed by atoms with Crippen LogP contribution in [0.2, 0.25) is 0 Å². The summed E-state index contributed by atoms with van der Waals surface area (Å²) in [5.74, 6) is 2.24. The van der Waals surface area contributed by atoms with E-state index in [0.29, 0.717) is 29.5 Å². The molecule has 0 radical (unpaired) electrons. The lowest BCUT2D eigenvalue weighted by Crippen LogP contribution is -2.27. The van der Waals surface area contributed by atoms with Crippen molar-refractivity contribution in [2.24, 2.45) is 10.1 Å². The average molecular weight is 426 g/mol. The number of nitrogens with zero attached hydrogens (tertiary/aromatic N) is 4. The van der Waals surface area contributed by atoms with Gasteiger partial charge in [-0.15, -0.1) is 0 Å². The molecule has 154 valence electrons. The lowest BCUT2D eigenvalue weighted by atomic mass is 9.98. The Morgan fingerprint density at radius 3 is 2.47 bits per heavy atom. The minimum Gasteiger partial charge on any atom is -0.493 e. The SMILES string of the molecule is COc1ccc(C2CC(c3ccc([N+](=O)[O-])cc3)=NN2C2=NC(=O)SC2)cc1OC. The molecule has 10 heteroatoms. The number of hydrazone groups is 1. The number of carbonyl (C=O) groups is 1. The second-order valence-electron chi connectivity index (χ2n) is 6.61. The Labute approximate surface area is 176 Å². The van der Waals surface area contributed by atoms with Crippen LogP contribution < -0.4 is 9.47 Å². The third-order valence-electron chi connectivity index (χ3n) is 4.92. The molecule has 0 bridgehead atoms. The first-order chi connectivity index (χ1) is 14.5. The summed E-state index contributed by atoms with van der Waals surface area (Å²) in [5.41, 5.74) is 2.50. The van der Waals surface area contributed by atoms with Crippen LogP contribution >= 0.6 is 11.8 Å². The van der Waals surface area contributed by atoms with Crippen molar-refractivity contribution in [3.63, 3.8) is 0 Å². The maximum atomic E-state index is 11.7. The van der Waals surface area contributed by atoms with Crippen molar-refractivity contribution in [1.29, 1.82) is 0 Å². The van der Waals surface area contributed by atoms with Crippen LogP contribution in [0.1, 0.15) is 23.6 Å². The maximum Gasteiger partial charge on any atom is 0.307 e. The maximum absolute atomic E-state index is 11.7. The molecule has 0 aliphatic carbocycles. The Balaban J connectivity index is 1.71. The number of nitro benzene ring substituents is 1. The van der Waals surface area contributed by atoms with Crippen LogP contribution in [0.25, 0.3) is 0 Å². The number of hydrogen-bond donors (Lipinski definition) is 0. The third-order valence-corrected chi connectivity index (χ3v) is 5.66. The molecule has 1 atom stereocenters. The minimum atomic E-state index is -0.435. The highest BCUT2D eigenvalue weighted by Gasteiger charge is 2.34. The van der Waals surface area contributed by atoms with Gasteiger partial charge in [-0.1, -0.05) is 17.8 Å². The van der Waals surface area contributed by atoms with Crippen LogP contribution in [-0.4, -0.2) is 46.7 Å². The summed E-state index contributed by atoms with van der Waals surface area (Å²) in [7, 11) is 3.15. The normalized spacial score (nSPS) is 18.3. The topological polar surface area (TPSA) is 107 Å². The van der Waals surface area contributed by atoms with E-state index in [-0.39, 0.29) is 17.0 Å². The van der Waals surface area contributed by atoms with E-state index in [1.54, 1.807) is 31.4 Å².